The number of nitro groups is 1. The molecule has 164 valence electrons. The number of anilines is 2. The highest BCUT2D eigenvalue weighted by molar-refractivity contribution is 8.00. The number of nitrogens with one attached hydrogen (secondary N) is 2. The monoisotopic (exact) mass is 469 g/mol. The molecule has 9 heteroatoms. The zero-order valence-electron chi connectivity index (χ0n) is 17.1. The third-order valence-corrected chi connectivity index (χ3v) is 5.71. The topological polar surface area (TPSA) is 101 Å². The Morgan fingerprint density at radius 1 is 1.00 bits per heavy atom. The number of carbonyl (C=O) groups excluding carboxylic acids is 2. The van der Waals surface area contributed by atoms with Crippen molar-refractivity contribution < 1.29 is 14.5 Å². The Morgan fingerprint density at radius 3 is 2.44 bits per heavy atom. The largest absolute Gasteiger partial charge is 0.326 e. The number of nitrogens with zero attached hydrogens (tertiary/aromatic N) is 1. The van der Waals surface area contributed by atoms with Gasteiger partial charge in [-0.15, -0.1) is 11.8 Å². The normalized spacial score (nSPS) is 10.4. The lowest BCUT2D eigenvalue weighted by Crippen LogP contribution is -2.15. The van der Waals surface area contributed by atoms with E-state index in [0.717, 1.165) is 10.5 Å². The predicted molar refractivity (Wildman–Crippen MR) is 127 cm³/mol. The van der Waals surface area contributed by atoms with Crippen LogP contribution in [0.3, 0.4) is 0 Å². The first-order chi connectivity index (χ1) is 15.3. The molecule has 0 aromatic heterocycles. The summed E-state index contributed by atoms with van der Waals surface area (Å²) in [6, 6.07) is 18.6. The minimum Gasteiger partial charge on any atom is -0.326 e. The van der Waals surface area contributed by atoms with E-state index in [1.807, 2.05) is 6.07 Å². The van der Waals surface area contributed by atoms with Crippen LogP contribution in [-0.4, -0.2) is 22.5 Å². The minimum absolute atomic E-state index is 0.0233. The molecule has 0 saturated carbocycles. The van der Waals surface area contributed by atoms with E-state index in [-0.39, 0.29) is 29.7 Å². The summed E-state index contributed by atoms with van der Waals surface area (Å²) in [7, 11) is 0. The summed E-state index contributed by atoms with van der Waals surface area (Å²) in [5, 5.41) is 17.1. The van der Waals surface area contributed by atoms with Crippen molar-refractivity contribution in [2.24, 2.45) is 0 Å². The summed E-state index contributed by atoms with van der Waals surface area (Å²) < 4.78 is 0. The van der Waals surface area contributed by atoms with Crippen LogP contribution in [0.25, 0.3) is 0 Å². The predicted octanol–water partition coefficient (Wildman–Crippen LogP) is 5.47. The molecule has 0 atom stereocenters. The standard InChI is InChI=1S/C23H20ClN3O4S/c1-15-11-19(27(30)31)9-10-21(15)26-23(29)14-32-20-4-2-3-18(13-20)25-22(28)12-16-5-7-17(24)8-6-16/h2-11,13H,12,14H2,1H3,(H,25,28)(H,26,29). The first-order valence-electron chi connectivity index (χ1n) is 9.62. The van der Waals surface area contributed by atoms with Crippen LogP contribution >= 0.6 is 23.4 Å². The zero-order chi connectivity index (χ0) is 23.1. The number of aryl methyl sites for hydroxylation is 1. The second-order valence-corrected chi connectivity index (χ2v) is 8.46. The molecule has 32 heavy (non-hydrogen) atoms. The smallest absolute Gasteiger partial charge is 0.269 e. The van der Waals surface area contributed by atoms with Gasteiger partial charge in [-0.1, -0.05) is 29.8 Å². The molecule has 0 bridgehead atoms. The molecule has 0 aliphatic rings. The molecule has 7 nitrogen and oxygen atoms in total. The number of hydrogen-bond acceptors (Lipinski definition) is 5. The lowest BCUT2D eigenvalue weighted by atomic mass is 10.1. The number of hydrogen-bond donors (Lipinski definition) is 2. The number of nitro benzene ring substituents is 1. The number of carbonyl (C=O) groups is 2. The summed E-state index contributed by atoms with van der Waals surface area (Å²) in [6.45, 7) is 1.70. The molecule has 2 amide bonds. The lowest BCUT2D eigenvalue weighted by molar-refractivity contribution is -0.384. The van der Waals surface area contributed by atoms with Crippen LogP contribution in [0.1, 0.15) is 11.1 Å². The van der Waals surface area contributed by atoms with Gasteiger partial charge >= 0.3 is 0 Å². The average Bonchev–Trinajstić information content (AvgIpc) is 2.75. The Labute approximate surface area is 194 Å². The van der Waals surface area contributed by atoms with Gasteiger partial charge in [0.25, 0.3) is 5.69 Å². The van der Waals surface area contributed by atoms with Crippen molar-refractivity contribution in [3.8, 4) is 0 Å². The van der Waals surface area contributed by atoms with E-state index < -0.39 is 4.92 Å². The fourth-order valence-corrected chi connectivity index (χ4v) is 3.77. The van der Waals surface area contributed by atoms with E-state index in [0.29, 0.717) is 22.0 Å². The Kier molecular flexibility index (Phi) is 7.86. The number of amides is 2. The van der Waals surface area contributed by atoms with Crippen molar-refractivity contribution >= 4 is 52.2 Å². The number of halogens is 1. The van der Waals surface area contributed by atoms with Crippen molar-refractivity contribution in [3.05, 3.63) is 93.0 Å². The molecule has 0 aliphatic carbocycles. The molecule has 0 fully saturated rings. The third-order valence-electron chi connectivity index (χ3n) is 4.46. The van der Waals surface area contributed by atoms with Gasteiger partial charge in [-0.2, -0.15) is 0 Å². The Morgan fingerprint density at radius 2 is 1.75 bits per heavy atom. The van der Waals surface area contributed by atoms with Gasteiger partial charge in [0.2, 0.25) is 11.8 Å². The van der Waals surface area contributed by atoms with Gasteiger partial charge in [-0.05, 0) is 54.4 Å². The highest BCUT2D eigenvalue weighted by Crippen LogP contribution is 2.24. The van der Waals surface area contributed by atoms with Crippen molar-refractivity contribution in [1.29, 1.82) is 0 Å². The Bertz CT molecular complexity index is 1150. The Hall–Kier alpha value is -3.36. The van der Waals surface area contributed by atoms with E-state index in [1.165, 1.54) is 30.0 Å². The van der Waals surface area contributed by atoms with Crippen molar-refractivity contribution in [1.82, 2.24) is 0 Å². The maximum Gasteiger partial charge on any atom is 0.269 e. The van der Waals surface area contributed by atoms with Gasteiger partial charge in [0.15, 0.2) is 0 Å². The second-order valence-electron chi connectivity index (χ2n) is 6.97. The maximum atomic E-state index is 12.3. The fourth-order valence-electron chi connectivity index (χ4n) is 2.89. The minimum atomic E-state index is -0.477. The van der Waals surface area contributed by atoms with E-state index in [2.05, 4.69) is 10.6 Å². The number of rotatable bonds is 8. The highest BCUT2D eigenvalue weighted by Gasteiger charge is 2.11. The fraction of sp³-hybridized carbons (Fsp3) is 0.130. The number of benzene rings is 3. The first kappa shape index (κ1) is 23.3. The van der Waals surface area contributed by atoms with E-state index in [1.54, 1.807) is 49.4 Å². The third kappa shape index (κ3) is 6.83. The summed E-state index contributed by atoms with van der Waals surface area (Å²) in [4.78, 5) is 35.8. The van der Waals surface area contributed by atoms with E-state index in [9.17, 15) is 19.7 Å². The maximum absolute atomic E-state index is 12.3. The van der Waals surface area contributed by atoms with Crippen molar-refractivity contribution in [3.63, 3.8) is 0 Å². The van der Waals surface area contributed by atoms with Crippen molar-refractivity contribution in [2.45, 2.75) is 18.2 Å². The van der Waals surface area contributed by atoms with Crippen LogP contribution in [0.2, 0.25) is 5.02 Å². The molecule has 0 heterocycles. The molecule has 3 aromatic rings. The lowest BCUT2D eigenvalue weighted by Gasteiger charge is -2.09. The van der Waals surface area contributed by atoms with Gasteiger partial charge in [0.1, 0.15) is 0 Å². The van der Waals surface area contributed by atoms with Gasteiger partial charge in [-0.3, -0.25) is 19.7 Å². The van der Waals surface area contributed by atoms with E-state index >= 15 is 0 Å². The van der Waals surface area contributed by atoms with Crippen LogP contribution in [0, 0.1) is 17.0 Å². The quantitative estimate of drug-likeness (QED) is 0.259. The molecule has 3 aromatic carbocycles. The SMILES string of the molecule is Cc1cc([N+](=O)[O-])ccc1NC(=O)CSc1cccc(NC(=O)Cc2ccc(Cl)cc2)c1. The molecule has 0 aliphatic heterocycles. The molecule has 0 saturated heterocycles. The average molecular weight is 470 g/mol. The molecule has 0 radical (unpaired) electrons. The number of non-ortho nitro benzene ring substituents is 1. The Balaban J connectivity index is 1.53. The van der Waals surface area contributed by atoms with Gasteiger partial charge in [0.05, 0.1) is 17.1 Å². The molecule has 2 N–H and O–H groups in total. The van der Waals surface area contributed by atoms with Gasteiger partial charge < -0.3 is 10.6 Å². The molecular weight excluding hydrogens is 450 g/mol. The van der Waals surface area contributed by atoms with Gasteiger partial charge in [-0.25, -0.2) is 0 Å². The van der Waals surface area contributed by atoms with Crippen LogP contribution in [0.5, 0.6) is 0 Å². The zero-order valence-corrected chi connectivity index (χ0v) is 18.7. The summed E-state index contributed by atoms with van der Waals surface area (Å²) in [5.74, 6) is -0.233. The first-order valence-corrected chi connectivity index (χ1v) is 11.0. The second kappa shape index (κ2) is 10.8. The molecular formula is C23H20ClN3O4S. The van der Waals surface area contributed by atoms with Crippen LogP contribution in [0.4, 0.5) is 17.1 Å². The summed E-state index contributed by atoms with van der Waals surface area (Å²) in [5.41, 5.74) is 2.62. The summed E-state index contributed by atoms with van der Waals surface area (Å²) in [6.07, 6.45) is 0.228. The van der Waals surface area contributed by atoms with Crippen LogP contribution in [0.15, 0.2) is 71.6 Å². The van der Waals surface area contributed by atoms with Crippen LogP contribution in [-0.2, 0) is 16.0 Å². The molecule has 0 spiro atoms. The highest BCUT2D eigenvalue weighted by atomic mass is 35.5. The van der Waals surface area contributed by atoms with Crippen molar-refractivity contribution in [2.75, 3.05) is 16.4 Å². The molecule has 0 unspecified atom stereocenters. The molecule has 3 rings (SSSR count). The van der Waals surface area contributed by atoms with Crippen LogP contribution < -0.4 is 10.6 Å². The summed E-state index contributed by atoms with van der Waals surface area (Å²) >= 11 is 7.18. The van der Waals surface area contributed by atoms with E-state index in [4.69, 9.17) is 11.6 Å². The van der Waals surface area contributed by atoms with Gasteiger partial charge in [0, 0.05) is 33.4 Å². The number of thioether (sulfide) groups is 1.